The Bertz CT molecular complexity index is 1610. The molecule has 0 saturated carbocycles. The maximum atomic E-state index is 4.88. The summed E-state index contributed by atoms with van der Waals surface area (Å²) in [4.78, 5) is 0. The van der Waals surface area contributed by atoms with Crippen LogP contribution in [0.3, 0.4) is 0 Å². The van der Waals surface area contributed by atoms with E-state index in [1.54, 1.807) is 0 Å². The number of hydrogen-bond donors (Lipinski definition) is 0. The highest BCUT2D eigenvalue weighted by molar-refractivity contribution is 5.88. The third-order valence-electron chi connectivity index (χ3n) is 10.8. The third kappa shape index (κ3) is 3.89. The fourth-order valence-corrected chi connectivity index (χ4v) is 8.93. The van der Waals surface area contributed by atoms with Crippen molar-refractivity contribution in [3.05, 3.63) is 123 Å². The topological polar surface area (TPSA) is 0 Å². The summed E-state index contributed by atoms with van der Waals surface area (Å²) in [7, 11) is 0. The molecule has 0 heterocycles. The SMILES string of the molecule is C=C(C)C1=C(C)C[C@@]2(C)C[C@@]3(C)Cc4c(C(C)C)cc(C#Cc5ccccc5)c(C)c4C(=C)C3=C(C)[C@@]2(C)C1=C. The smallest absolute Gasteiger partial charge is 0.0287 e. The number of rotatable bonds is 2. The second-order valence-corrected chi connectivity index (χ2v) is 13.9. The lowest BCUT2D eigenvalue weighted by molar-refractivity contribution is 0.0543. The average molecular weight is 527 g/mol. The largest absolute Gasteiger partial charge is 0.0955 e. The lowest BCUT2D eigenvalue weighted by atomic mass is 9.41. The molecule has 0 N–H and O–H groups in total. The van der Waals surface area contributed by atoms with Gasteiger partial charge in [-0.05, 0) is 126 Å². The lowest BCUT2D eigenvalue weighted by Gasteiger charge is -2.62. The first kappa shape index (κ1) is 28.2. The Morgan fingerprint density at radius 1 is 0.950 bits per heavy atom. The average Bonchev–Trinajstić information content (AvgIpc) is 2.85. The molecule has 3 atom stereocenters. The van der Waals surface area contributed by atoms with E-state index in [0.29, 0.717) is 5.92 Å². The van der Waals surface area contributed by atoms with Gasteiger partial charge >= 0.3 is 0 Å². The Morgan fingerprint density at radius 2 is 1.60 bits per heavy atom. The van der Waals surface area contributed by atoms with Crippen LogP contribution in [0.15, 0.2) is 89.6 Å². The van der Waals surface area contributed by atoms with Gasteiger partial charge in [0.05, 0.1) is 0 Å². The van der Waals surface area contributed by atoms with Crippen LogP contribution >= 0.6 is 0 Å². The summed E-state index contributed by atoms with van der Waals surface area (Å²) < 4.78 is 0. The zero-order valence-electron chi connectivity index (χ0n) is 26.3. The zero-order valence-corrected chi connectivity index (χ0v) is 26.3. The summed E-state index contributed by atoms with van der Waals surface area (Å²) in [5, 5.41) is 0. The molecule has 206 valence electrons. The molecule has 0 fully saturated rings. The number of allylic oxidation sites excluding steroid dienone is 7. The van der Waals surface area contributed by atoms with Crippen molar-refractivity contribution in [2.45, 2.75) is 87.5 Å². The van der Waals surface area contributed by atoms with Crippen LogP contribution in [-0.2, 0) is 6.42 Å². The van der Waals surface area contributed by atoms with Crippen LogP contribution in [0.5, 0.6) is 0 Å². The van der Waals surface area contributed by atoms with Gasteiger partial charge in [0, 0.05) is 16.5 Å². The van der Waals surface area contributed by atoms with Crippen molar-refractivity contribution in [2.24, 2.45) is 16.2 Å². The van der Waals surface area contributed by atoms with Gasteiger partial charge in [0.2, 0.25) is 0 Å². The van der Waals surface area contributed by atoms with Crippen molar-refractivity contribution in [2.75, 3.05) is 0 Å². The van der Waals surface area contributed by atoms with Crippen LogP contribution in [0.2, 0.25) is 0 Å². The molecular formula is C40H46. The normalized spacial score (nSPS) is 27.6. The second kappa shape index (κ2) is 9.38. The molecule has 0 spiro atoms. The molecular weight excluding hydrogens is 480 g/mol. The first-order valence-corrected chi connectivity index (χ1v) is 14.9. The van der Waals surface area contributed by atoms with Gasteiger partial charge in [0.15, 0.2) is 0 Å². The highest BCUT2D eigenvalue weighted by Crippen LogP contribution is 2.70. The van der Waals surface area contributed by atoms with Crippen LogP contribution in [0, 0.1) is 35.0 Å². The van der Waals surface area contributed by atoms with Crippen LogP contribution in [-0.4, -0.2) is 0 Å². The molecule has 0 aliphatic heterocycles. The highest BCUT2D eigenvalue weighted by Gasteiger charge is 2.59. The summed E-state index contributed by atoms with van der Waals surface area (Å²) in [5.41, 5.74) is 16.8. The van der Waals surface area contributed by atoms with Crippen LogP contribution < -0.4 is 0 Å². The van der Waals surface area contributed by atoms with E-state index in [4.69, 9.17) is 13.2 Å². The van der Waals surface area contributed by atoms with E-state index in [0.717, 1.165) is 36.0 Å². The molecule has 3 aliphatic rings. The molecule has 40 heavy (non-hydrogen) atoms. The third-order valence-corrected chi connectivity index (χ3v) is 10.8. The second-order valence-electron chi connectivity index (χ2n) is 13.9. The minimum absolute atomic E-state index is 0.0248. The molecule has 0 aromatic heterocycles. The summed E-state index contributed by atoms with van der Waals surface area (Å²) in [5.74, 6) is 7.37. The summed E-state index contributed by atoms with van der Waals surface area (Å²) in [6.07, 6.45) is 3.24. The standard InChI is InChI=1S/C40H46/c1-24(2)33-20-32(19-18-31-16-14-13-15-17-31)27(6)36-28(7)37-30(9)40(12)29(8)35(25(3)4)26(5)21-39(40,11)23-38(37,10)22-34(33)36/h13-17,20,24H,3,7-8,21-23H2,1-2,4-6,9-12H3/t38-,39+,40-/m1/s1. The van der Waals surface area contributed by atoms with Gasteiger partial charge in [-0.25, -0.2) is 0 Å². The minimum Gasteiger partial charge on any atom is -0.0955 e. The van der Waals surface area contributed by atoms with E-state index >= 15 is 0 Å². The molecule has 2 aromatic carbocycles. The lowest BCUT2D eigenvalue weighted by Crippen LogP contribution is -2.52. The fraction of sp³-hybridized carbons (Fsp3) is 0.400. The Hall–Kier alpha value is -3.30. The van der Waals surface area contributed by atoms with Crippen LogP contribution in [0.1, 0.15) is 108 Å². The molecule has 0 amide bonds. The first-order valence-electron chi connectivity index (χ1n) is 14.9. The van der Waals surface area contributed by atoms with Crippen molar-refractivity contribution in [3.63, 3.8) is 0 Å². The predicted molar refractivity (Wildman–Crippen MR) is 173 cm³/mol. The summed E-state index contributed by atoms with van der Waals surface area (Å²) in [6.45, 7) is 35.2. The van der Waals surface area contributed by atoms with Crippen molar-refractivity contribution in [3.8, 4) is 11.8 Å². The Kier molecular flexibility index (Phi) is 6.62. The van der Waals surface area contributed by atoms with Gasteiger partial charge in [-0.1, -0.05) is 101 Å². The summed E-state index contributed by atoms with van der Waals surface area (Å²) in [6, 6.07) is 12.7. The monoisotopic (exact) mass is 526 g/mol. The van der Waals surface area contributed by atoms with Gasteiger partial charge in [-0.3, -0.25) is 0 Å². The van der Waals surface area contributed by atoms with E-state index in [-0.39, 0.29) is 16.2 Å². The fourth-order valence-electron chi connectivity index (χ4n) is 8.93. The maximum Gasteiger partial charge on any atom is 0.0287 e. The summed E-state index contributed by atoms with van der Waals surface area (Å²) >= 11 is 0. The quantitative estimate of drug-likeness (QED) is 0.341. The van der Waals surface area contributed by atoms with Gasteiger partial charge in [-0.2, -0.15) is 0 Å². The van der Waals surface area contributed by atoms with Crippen molar-refractivity contribution in [1.82, 2.24) is 0 Å². The minimum atomic E-state index is -0.143. The van der Waals surface area contributed by atoms with E-state index < -0.39 is 0 Å². The zero-order chi connectivity index (χ0) is 29.4. The van der Waals surface area contributed by atoms with Crippen LogP contribution in [0.4, 0.5) is 0 Å². The Balaban J connectivity index is 1.75. The molecule has 0 bridgehead atoms. The van der Waals surface area contributed by atoms with E-state index in [1.807, 2.05) is 18.2 Å². The number of hydrogen-bond acceptors (Lipinski definition) is 0. The molecule has 3 aliphatic carbocycles. The van der Waals surface area contributed by atoms with Crippen molar-refractivity contribution < 1.29 is 0 Å². The molecule has 0 saturated heterocycles. The molecule has 0 unspecified atom stereocenters. The predicted octanol–water partition coefficient (Wildman–Crippen LogP) is 10.7. The van der Waals surface area contributed by atoms with Gasteiger partial charge < -0.3 is 0 Å². The number of benzene rings is 2. The van der Waals surface area contributed by atoms with Crippen LogP contribution in [0.25, 0.3) is 5.57 Å². The van der Waals surface area contributed by atoms with Gasteiger partial charge in [0.1, 0.15) is 0 Å². The molecule has 0 heteroatoms. The molecule has 0 nitrogen and oxygen atoms in total. The van der Waals surface area contributed by atoms with E-state index in [1.165, 1.54) is 55.7 Å². The molecule has 2 aromatic rings. The van der Waals surface area contributed by atoms with E-state index in [2.05, 4.69) is 98.9 Å². The molecule has 0 radical (unpaired) electrons. The van der Waals surface area contributed by atoms with Crippen molar-refractivity contribution >= 4 is 5.57 Å². The van der Waals surface area contributed by atoms with Gasteiger partial charge in [-0.15, -0.1) is 0 Å². The first-order chi connectivity index (χ1) is 18.7. The number of fused-ring (bicyclic) bond motifs is 3. The van der Waals surface area contributed by atoms with Gasteiger partial charge in [0.25, 0.3) is 0 Å². The Morgan fingerprint density at radius 3 is 2.20 bits per heavy atom. The highest BCUT2D eigenvalue weighted by atomic mass is 14.6. The van der Waals surface area contributed by atoms with E-state index in [9.17, 15) is 0 Å². The Labute approximate surface area is 243 Å². The molecule has 5 rings (SSSR count). The van der Waals surface area contributed by atoms with Crippen molar-refractivity contribution in [1.29, 1.82) is 0 Å². The maximum absolute atomic E-state index is 4.88.